The van der Waals surface area contributed by atoms with Crippen molar-refractivity contribution in [3.05, 3.63) is 16.0 Å². The molecule has 0 radical (unpaired) electrons. The van der Waals surface area contributed by atoms with Crippen molar-refractivity contribution in [3.63, 3.8) is 0 Å². The molecule has 5 nitrogen and oxygen atoms in total. The SMILES string of the molecule is CCCN(CCO)CC(=O)Nc1sc(C)c(C)c1C#N. The first kappa shape index (κ1) is 16.6. The van der Waals surface area contributed by atoms with Gasteiger partial charge in [0.2, 0.25) is 5.91 Å². The molecular weight excluding hydrogens is 274 g/mol. The molecule has 0 aromatic carbocycles. The fourth-order valence-electron chi connectivity index (χ4n) is 1.95. The number of carbonyl (C=O) groups excluding carboxylic acids is 1. The lowest BCUT2D eigenvalue weighted by atomic mass is 10.2. The van der Waals surface area contributed by atoms with Crippen molar-refractivity contribution in [1.82, 2.24) is 4.90 Å². The molecule has 0 aliphatic heterocycles. The molecule has 110 valence electrons. The Morgan fingerprint density at radius 1 is 1.45 bits per heavy atom. The largest absolute Gasteiger partial charge is 0.395 e. The highest BCUT2D eigenvalue weighted by Crippen LogP contribution is 2.31. The van der Waals surface area contributed by atoms with E-state index in [-0.39, 0.29) is 19.1 Å². The van der Waals surface area contributed by atoms with Crippen LogP contribution in [0.2, 0.25) is 0 Å². The van der Waals surface area contributed by atoms with Crippen LogP contribution in [-0.2, 0) is 4.79 Å². The van der Waals surface area contributed by atoms with Crippen LogP contribution in [0.15, 0.2) is 0 Å². The third-order valence-corrected chi connectivity index (χ3v) is 4.20. The topological polar surface area (TPSA) is 76.4 Å². The summed E-state index contributed by atoms with van der Waals surface area (Å²) in [5.74, 6) is -0.148. The number of hydrogen-bond acceptors (Lipinski definition) is 5. The molecule has 1 rings (SSSR count). The summed E-state index contributed by atoms with van der Waals surface area (Å²) in [7, 11) is 0. The lowest BCUT2D eigenvalue weighted by Gasteiger charge is -2.19. The van der Waals surface area contributed by atoms with Crippen molar-refractivity contribution >= 4 is 22.2 Å². The van der Waals surface area contributed by atoms with Gasteiger partial charge in [0.05, 0.1) is 18.7 Å². The monoisotopic (exact) mass is 295 g/mol. The zero-order valence-corrected chi connectivity index (χ0v) is 13.0. The molecule has 0 bridgehead atoms. The zero-order valence-electron chi connectivity index (χ0n) is 12.2. The minimum absolute atomic E-state index is 0.0357. The molecular formula is C14H21N3O2S. The van der Waals surface area contributed by atoms with Crippen molar-refractivity contribution in [2.24, 2.45) is 0 Å². The van der Waals surface area contributed by atoms with Gasteiger partial charge in [0.25, 0.3) is 0 Å². The van der Waals surface area contributed by atoms with Gasteiger partial charge in [-0.2, -0.15) is 5.26 Å². The van der Waals surface area contributed by atoms with Crippen LogP contribution in [0.1, 0.15) is 29.3 Å². The summed E-state index contributed by atoms with van der Waals surface area (Å²) < 4.78 is 0. The molecule has 0 aliphatic rings. The maximum absolute atomic E-state index is 12.0. The average Bonchev–Trinajstić information content (AvgIpc) is 2.64. The van der Waals surface area contributed by atoms with Gasteiger partial charge in [-0.1, -0.05) is 6.92 Å². The van der Waals surface area contributed by atoms with Gasteiger partial charge in [-0.3, -0.25) is 9.69 Å². The normalized spacial score (nSPS) is 10.6. The molecule has 1 aromatic rings. The van der Waals surface area contributed by atoms with E-state index in [0.29, 0.717) is 17.1 Å². The van der Waals surface area contributed by atoms with Crippen LogP contribution < -0.4 is 5.32 Å². The van der Waals surface area contributed by atoms with Crippen LogP contribution in [0.25, 0.3) is 0 Å². The highest BCUT2D eigenvalue weighted by atomic mass is 32.1. The Bertz CT molecular complexity index is 499. The lowest BCUT2D eigenvalue weighted by molar-refractivity contribution is -0.117. The molecule has 1 amide bonds. The third kappa shape index (κ3) is 4.30. The smallest absolute Gasteiger partial charge is 0.239 e. The summed E-state index contributed by atoms with van der Waals surface area (Å²) in [6.45, 7) is 7.36. The predicted molar refractivity (Wildman–Crippen MR) is 81.0 cm³/mol. The Balaban J connectivity index is 2.71. The summed E-state index contributed by atoms with van der Waals surface area (Å²) in [6, 6.07) is 2.14. The van der Waals surface area contributed by atoms with Gasteiger partial charge in [0.15, 0.2) is 0 Å². The van der Waals surface area contributed by atoms with Crippen LogP contribution in [0, 0.1) is 25.2 Å². The summed E-state index contributed by atoms with van der Waals surface area (Å²) in [4.78, 5) is 15.0. The van der Waals surface area contributed by atoms with E-state index in [1.54, 1.807) is 0 Å². The number of aliphatic hydroxyl groups is 1. The number of nitriles is 1. The molecule has 6 heteroatoms. The Morgan fingerprint density at radius 2 is 2.15 bits per heavy atom. The van der Waals surface area contributed by atoms with Crippen LogP contribution in [0.3, 0.4) is 0 Å². The molecule has 0 atom stereocenters. The van der Waals surface area contributed by atoms with E-state index in [1.807, 2.05) is 25.7 Å². The number of amides is 1. The molecule has 0 spiro atoms. The van der Waals surface area contributed by atoms with Gasteiger partial charge in [-0.05, 0) is 32.4 Å². The third-order valence-electron chi connectivity index (χ3n) is 3.07. The highest BCUT2D eigenvalue weighted by Gasteiger charge is 2.16. The van der Waals surface area contributed by atoms with Gasteiger partial charge < -0.3 is 10.4 Å². The first-order valence-corrected chi connectivity index (χ1v) is 7.48. The maximum Gasteiger partial charge on any atom is 0.239 e. The molecule has 0 saturated carbocycles. The predicted octanol–water partition coefficient (Wildman–Crippen LogP) is 1.88. The molecule has 0 unspecified atom stereocenters. The minimum Gasteiger partial charge on any atom is -0.395 e. The van der Waals surface area contributed by atoms with Crippen LogP contribution in [0.4, 0.5) is 5.00 Å². The van der Waals surface area contributed by atoms with E-state index in [9.17, 15) is 4.79 Å². The van der Waals surface area contributed by atoms with E-state index in [2.05, 4.69) is 11.4 Å². The second-order valence-electron chi connectivity index (χ2n) is 4.65. The molecule has 0 aliphatic carbocycles. The molecule has 0 fully saturated rings. The number of nitrogens with zero attached hydrogens (tertiary/aromatic N) is 2. The minimum atomic E-state index is -0.148. The number of rotatable bonds is 7. The highest BCUT2D eigenvalue weighted by molar-refractivity contribution is 7.16. The van der Waals surface area contributed by atoms with Crippen LogP contribution in [-0.4, -0.2) is 42.2 Å². The quantitative estimate of drug-likeness (QED) is 0.805. The van der Waals surface area contributed by atoms with Gasteiger partial charge in [0, 0.05) is 11.4 Å². The number of nitrogens with one attached hydrogen (secondary N) is 1. The van der Waals surface area contributed by atoms with Gasteiger partial charge >= 0.3 is 0 Å². The number of aryl methyl sites for hydroxylation is 1. The van der Waals surface area contributed by atoms with E-state index < -0.39 is 0 Å². The Labute approximate surface area is 123 Å². The van der Waals surface area contributed by atoms with Gasteiger partial charge in [-0.25, -0.2) is 0 Å². The maximum atomic E-state index is 12.0. The Morgan fingerprint density at radius 3 is 2.70 bits per heavy atom. The van der Waals surface area contributed by atoms with Crippen LogP contribution in [0.5, 0.6) is 0 Å². The van der Waals surface area contributed by atoms with Crippen molar-refractivity contribution in [2.75, 3.05) is 31.6 Å². The summed E-state index contributed by atoms with van der Waals surface area (Å²) >= 11 is 1.43. The molecule has 1 heterocycles. The van der Waals surface area contributed by atoms with Crippen LogP contribution >= 0.6 is 11.3 Å². The first-order valence-electron chi connectivity index (χ1n) is 6.66. The fourth-order valence-corrected chi connectivity index (χ4v) is 2.97. The van der Waals surface area contributed by atoms with Crippen molar-refractivity contribution < 1.29 is 9.90 Å². The molecule has 1 aromatic heterocycles. The number of anilines is 1. The van der Waals surface area contributed by atoms with Crippen molar-refractivity contribution in [1.29, 1.82) is 5.26 Å². The molecule has 0 saturated heterocycles. The Kier molecular flexibility index (Phi) is 6.65. The number of hydrogen-bond donors (Lipinski definition) is 2. The van der Waals surface area contributed by atoms with E-state index in [1.165, 1.54) is 11.3 Å². The summed E-state index contributed by atoms with van der Waals surface area (Å²) in [5, 5.41) is 21.5. The first-order chi connectivity index (χ1) is 9.53. The van der Waals surface area contributed by atoms with E-state index in [0.717, 1.165) is 23.4 Å². The second-order valence-corrected chi connectivity index (χ2v) is 5.87. The zero-order chi connectivity index (χ0) is 15.1. The molecule has 20 heavy (non-hydrogen) atoms. The second kappa shape index (κ2) is 8.00. The lowest BCUT2D eigenvalue weighted by Crippen LogP contribution is -2.35. The molecule has 2 N–H and O–H groups in total. The Hall–Kier alpha value is -1.42. The number of aliphatic hydroxyl groups excluding tert-OH is 1. The van der Waals surface area contributed by atoms with E-state index >= 15 is 0 Å². The number of carbonyl (C=O) groups is 1. The van der Waals surface area contributed by atoms with Crippen molar-refractivity contribution in [2.45, 2.75) is 27.2 Å². The van der Waals surface area contributed by atoms with Gasteiger partial charge in [-0.15, -0.1) is 11.3 Å². The average molecular weight is 295 g/mol. The van der Waals surface area contributed by atoms with Gasteiger partial charge in [0.1, 0.15) is 11.1 Å². The van der Waals surface area contributed by atoms with Crippen molar-refractivity contribution in [3.8, 4) is 6.07 Å². The number of thiophene rings is 1. The standard InChI is InChI=1S/C14H21N3O2S/c1-4-5-17(6-7-18)9-13(19)16-14-12(8-15)10(2)11(3)20-14/h18H,4-7,9H2,1-3H3,(H,16,19). The van der Waals surface area contributed by atoms with E-state index in [4.69, 9.17) is 10.4 Å². The summed E-state index contributed by atoms with van der Waals surface area (Å²) in [5.41, 5.74) is 1.47. The fraction of sp³-hybridized carbons (Fsp3) is 0.571. The summed E-state index contributed by atoms with van der Waals surface area (Å²) in [6.07, 6.45) is 0.925.